The molecular formula is C21H28N2O3. The Balaban J connectivity index is 1.70. The van der Waals surface area contributed by atoms with E-state index in [1.807, 2.05) is 23.1 Å². The number of fused-ring (bicyclic) bond motifs is 2. The number of nitrogens with zero attached hydrogens (tertiary/aromatic N) is 1. The van der Waals surface area contributed by atoms with E-state index in [0.717, 1.165) is 60.8 Å². The summed E-state index contributed by atoms with van der Waals surface area (Å²) >= 11 is 0. The fraction of sp³-hybridized carbons (Fsp3) is 0.571. The van der Waals surface area contributed by atoms with E-state index in [1.165, 1.54) is 0 Å². The van der Waals surface area contributed by atoms with Crippen LogP contribution < -0.4 is 0 Å². The summed E-state index contributed by atoms with van der Waals surface area (Å²) in [6.07, 6.45) is 4.72. The third kappa shape index (κ3) is 2.57. The zero-order valence-electron chi connectivity index (χ0n) is 15.9. The van der Waals surface area contributed by atoms with Crippen LogP contribution in [0.25, 0.3) is 10.9 Å². The number of hydrogen-bond donors (Lipinski definition) is 1. The highest BCUT2D eigenvalue weighted by Crippen LogP contribution is 2.43. The molecule has 0 spiro atoms. The summed E-state index contributed by atoms with van der Waals surface area (Å²) in [6, 6.07) is 8.24. The van der Waals surface area contributed by atoms with Crippen molar-refractivity contribution < 1.29 is 14.3 Å². The van der Waals surface area contributed by atoms with Crippen LogP contribution in [0.3, 0.4) is 0 Å². The van der Waals surface area contributed by atoms with Crippen LogP contribution in [0.2, 0.25) is 0 Å². The Morgan fingerprint density at radius 2 is 2.12 bits per heavy atom. The molecular weight excluding hydrogens is 328 g/mol. The van der Waals surface area contributed by atoms with Gasteiger partial charge in [-0.3, -0.25) is 4.79 Å². The van der Waals surface area contributed by atoms with E-state index in [2.05, 4.69) is 18.0 Å². The molecule has 2 fully saturated rings. The maximum atomic E-state index is 13.5. The molecule has 2 heterocycles. The highest BCUT2D eigenvalue weighted by molar-refractivity contribution is 6.01. The van der Waals surface area contributed by atoms with Crippen molar-refractivity contribution in [3.8, 4) is 0 Å². The summed E-state index contributed by atoms with van der Waals surface area (Å²) in [5.41, 5.74) is 2.66. The van der Waals surface area contributed by atoms with Crippen molar-refractivity contribution in [3.63, 3.8) is 0 Å². The summed E-state index contributed by atoms with van der Waals surface area (Å²) < 4.78 is 11.6. The predicted molar refractivity (Wildman–Crippen MR) is 102 cm³/mol. The lowest BCUT2D eigenvalue weighted by Crippen LogP contribution is -2.53. The quantitative estimate of drug-likeness (QED) is 0.912. The molecule has 1 amide bonds. The molecule has 5 heteroatoms. The average molecular weight is 356 g/mol. The number of ether oxygens (including phenoxy) is 2. The van der Waals surface area contributed by atoms with E-state index in [1.54, 1.807) is 14.2 Å². The van der Waals surface area contributed by atoms with E-state index < -0.39 is 0 Å². The number of hydrogen-bond acceptors (Lipinski definition) is 3. The zero-order valence-corrected chi connectivity index (χ0v) is 15.9. The molecule has 3 atom stereocenters. The van der Waals surface area contributed by atoms with Gasteiger partial charge in [0.1, 0.15) is 5.69 Å². The zero-order chi connectivity index (χ0) is 18.3. The third-order valence-electron chi connectivity index (χ3n) is 6.52. The Bertz CT molecular complexity index is 815. The van der Waals surface area contributed by atoms with Gasteiger partial charge in [0.15, 0.2) is 0 Å². The van der Waals surface area contributed by atoms with Crippen LogP contribution in [0.1, 0.15) is 48.7 Å². The maximum Gasteiger partial charge on any atom is 0.270 e. The fourth-order valence-electron chi connectivity index (χ4n) is 5.01. The molecule has 140 valence electrons. The van der Waals surface area contributed by atoms with Crippen LogP contribution in [0.4, 0.5) is 0 Å². The smallest absolute Gasteiger partial charge is 0.270 e. The number of carbonyl (C=O) groups is 1. The summed E-state index contributed by atoms with van der Waals surface area (Å²) in [6.45, 7) is 2.85. The molecule has 2 aliphatic rings. The maximum absolute atomic E-state index is 13.5. The number of amides is 1. The van der Waals surface area contributed by atoms with E-state index in [-0.39, 0.29) is 23.7 Å². The van der Waals surface area contributed by atoms with Crippen LogP contribution in [0, 0.1) is 0 Å². The fourth-order valence-corrected chi connectivity index (χ4v) is 5.01. The minimum Gasteiger partial charge on any atom is -0.381 e. The molecule has 1 aliphatic heterocycles. The average Bonchev–Trinajstić information content (AvgIpc) is 3.25. The lowest BCUT2D eigenvalue weighted by atomic mass is 9.79. The van der Waals surface area contributed by atoms with E-state index in [4.69, 9.17) is 9.47 Å². The second-order valence-corrected chi connectivity index (χ2v) is 7.54. The third-order valence-corrected chi connectivity index (χ3v) is 6.52. The SMILES string of the molecule is CCc1c(C(=O)N2CC[C@]3(OC)CC[C@@H](OC)C[C@H]23)[nH]c2ccccc12. The summed E-state index contributed by atoms with van der Waals surface area (Å²) in [4.78, 5) is 18.9. The molecule has 1 aromatic heterocycles. The van der Waals surface area contributed by atoms with Gasteiger partial charge in [-0.25, -0.2) is 0 Å². The van der Waals surface area contributed by atoms with Crippen LogP contribution in [0.15, 0.2) is 24.3 Å². The number of aryl methyl sites for hydroxylation is 1. The van der Waals surface area contributed by atoms with Gasteiger partial charge in [-0.05, 0) is 43.7 Å². The van der Waals surface area contributed by atoms with Gasteiger partial charge in [0.05, 0.1) is 17.7 Å². The number of carbonyl (C=O) groups excluding carboxylic acids is 1. The first kappa shape index (κ1) is 17.6. The second-order valence-electron chi connectivity index (χ2n) is 7.54. The summed E-state index contributed by atoms with van der Waals surface area (Å²) in [5, 5.41) is 1.15. The molecule has 0 bridgehead atoms. The standard InChI is InChI=1S/C21H28N2O3/c1-4-15-16-7-5-6-8-17(16)22-19(15)20(24)23-12-11-21(26-3)10-9-14(25-2)13-18(21)23/h5-8,14,18,22H,4,9-13H2,1-3H3/t14-,18+,21-/m1/s1. The van der Waals surface area contributed by atoms with Gasteiger partial charge in [0, 0.05) is 31.7 Å². The van der Waals surface area contributed by atoms with Gasteiger partial charge in [0.2, 0.25) is 0 Å². The van der Waals surface area contributed by atoms with Gasteiger partial charge < -0.3 is 19.4 Å². The van der Waals surface area contributed by atoms with Gasteiger partial charge in [-0.1, -0.05) is 25.1 Å². The van der Waals surface area contributed by atoms with Gasteiger partial charge >= 0.3 is 0 Å². The molecule has 1 saturated heterocycles. The monoisotopic (exact) mass is 356 g/mol. The van der Waals surface area contributed by atoms with Crippen LogP contribution in [-0.2, 0) is 15.9 Å². The molecule has 0 unspecified atom stereocenters. The molecule has 2 aromatic rings. The van der Waals surface area contributed by atoms with Crippen molar-refractivity contribution in [2.45, 2.75) is 56.8 Å². The van der Waals surface area contributed by atoms with Crippen molar-refractivity contribution in [2.24, 2.45) is 0 Å². The lowest BCUT2D eigenvalue weighted by Gasteiger charge is -2.43. The number of aromatic nitrogens is 1. The molecule has 5 nitrogen and oxygen atoms in total. The first-order valence-corrected chi connectivity index (χ1v) is 9.62. The molecule has 4 rings (SSSR count). The summed E-state index contributed by atoms with van der Waals surface area (Å²) in [5.74, 6) is 0.0960. The van der Waals surface area contributed by atoms with Gasteiger partial charge in [-0.2, -0.15) is 0 Å². The largest absolute Gasteiger partial charge is 0.381 e. The molecule has 0 radical (unpaired) electrons. The Morgan fingerprint density at radius 1 is 1.31 bits per heavy atom. The molecule has 1 N–H and O–H groups in total. The highest BCUT2D eigenvalue weighted by atomic mass is 16.5. The molecule has 1 aromatic carbocycles. The Kier molecular flexibility index (Phi) is 4.53. The van der Waals surface area contributed by atoms with E-state index >= 15 is 0 Å². The van der Waals surface area contributed by atoms with E-state index in [0.29, 0.717) is 0 Å². The Hall–Kier alpha value is -1.85. The Labute approximate surface area is 154 Å². The molecule has 1 aliphatic carbocycles. The predicted octanol–water partition coefficient (Wildman–Crippen LogP) is 3.53. The number of nitrogens with one attached hydrogen (secondary N) is 1. The highest BCUT2D eigenvalue weighted by Gasteiger charge is 2.53. The topological polar surface area (TPSA) is 54.6 Å². The number of likely N-dealkylation sites (tertiary alicyclic amines) is 1. The number of methoxy groups -OCH3 is 2. The number of para-hydroxylation sites is 1. The normalized spacial score (nSPS) is 28.5. The number of H-pyrrole nitrogens is 1. The van der Waals surface area contributed by atoms with Crippen molar-refractivity contribution >= 4 is 16.8 Å². The van der Waals surface area contributed by atoms with E-state index in [9.17, 15) is 4.79 Å². The first-order chi connectivity index (χ1) is 12.6. The molecule has 26 heavy (non-hydrogen) atoms. The van der Waals surface area contributed by atoms with Crippen molar-refractivity contribution in [1.29, 1.82) is 0 Å². The first-order valence-electron chi connectivity index (χ1n) is 9.62. The minimum absolute atomic E-state index is 0.0785. The Morgan fingerprint density at radius 3 is 2.85 bits per heavy atom. The molecule has 1 saturated carbocycles. The van der Waals surface area contributed by atoms with Crippen LogP contribution >= 0.6 is 0 Å². The van der Waals surface area contributed by atoms with Crippen molar-refractivity contribution in [2.75, 3.05) is 20.8 Å². The van der Waals surface area contributed by atoms with Gasteiger partial charge in [0.25, 0.3) is 5.91 Å². The van der Waals surface area contributed by atoms with Crippen molar-refractivity contribution in [3.05, 3.63) is 35.5 Å². The lowest BCUT2D eigenvalue weighted by molar-refractivity contribution is -0.0894. The number of rotatable bonds is 4. The number of aromatic amines is 1. The van der Waals surface area contributed by atoms with Gasteiger partial charge in [-0.15, -0.1) is 0 Å². The second kappa shape index (κ2) is 6.71. The summed E-state index contributed by atoms with van der Waals surface area (Å²) in [7, 11) is 3.55. The van der Waals surface area contributed by atoms with Crippen LogP contribution in [-0.4, -0.2) is 54.3 Å². The van der Waals surface area contributed by atoms with Crippen molar-refractivity contribution in [1.82, 2.24) is 9.88 Å². The van der Waals surface area contributed by atoms with Crippen LogP contribution in [0.5, 0.6) is 0 Å². The number of benzene rings is 1. The minimum atomic E-state index is -0.219.